The number of aliphatic carboxylic acids is 2. The summed E-state index contributed by atoms with van der Waals surface area (Å²) in [6, 6.07) is -0.907. The van der Waals surface area contributed by atoms with E-state index in [4.69, 9.17) is 28.8 Å². The number of rotatable bonds is 40. The van der Waals surface area contributed by atoms with Gasteiger partial charge in [-0.25, -0.2) is 0 Å². The molecule has 0 radical (unpaired) electrons. The number of methoxy groups -OCH3 is 1. The van der Waals surface area contributed by atoms with E-state index in [-0.39, 0.29) is 13.0 Å². The second-order valence-corrected chi connectivity index (χ2v) is 19.5. The molecular weight excluding hydrogens is 875 g/mol. The van der Waals surface area contributed by atoms with Gasteiger partial charge in [-0.2, -0.15) is 0 Å². The van der Waals surface area contributed by atoms with Gasteiger partial charge in [-0.05, 0) is 19.8 Å². The van der Waals surface area contributed by atoms with Crippen molar-refractivity contribution in [3.05, 3.63) is 0 Å². The molecule has 2 fully saturated rings. The zero-order valence-corrected chi connectivity index (χ0v) is 43.2. The molecule has 0 aromatic rings. The average molecular weight is 974 g/mol. The average Bonchev–Trinajstić information content (AvgIpc) is 3.29. The number of carboxylic acids is 2. The van der Waals surface area contributed by atoms with Crippen LogP contribution in [0.1, 0.15) is 240 Å². The van der Waals surface area contributed by atoms with Gasteiger partial charge in [-0.15, -0.1) is 0 Å². The van der Waals surface area contributed by atoms with E-state index in [9.17, 15) is 39.6 Å². The first kappa shape index (κ1) is 63.6. The van der Waals surface area contributed by atoms with Gasteiger partial charge in [0, 0.05) is 26.9 Å². The molecule has 0 spiro atoms. The highest BCUT2D eigenvalue weighted by atomic mass is 16.7. The van der Waals surface area contributed by atoms with Gasteiger partial charge >= 0.3 is 17.9 Å². The van der Waals surface area contributed by atoms with Crippen LogP contribution in [0.5, 0.6) is 0 Å². The number of nitrogens with one attached hydrogen (secondary N) is 1. The molecule has 6 N–H and O–H groups in total. The fourth-order valence-corrected chi connectivity index (χ4v) is 9.21. The van der Waals surface area contributed by atoms with E-state index in [0.717, 1.165) is 32.1 Å². The third-order valence-electron chi connectivity index (χ3n) is 13.3. The van der Waals surface area contributed by atoms with Gasteiger partial charge in [0.2, 0.25) is 5.91 Å². The molecule has 400 valence electrons. The maximum absolute atomic E-state index is 12.5. The van der Waals surface area contributed by atoms with Gasteiger partial charge in [0.05, 0.1) is 18.6 Å². The first-order valence-corrected chi connectivity index (χ1v) is 27.2. The van der Waals surface area contributed by atoms with Crippen molar-refractivity contribution in [3.8, 4) is 0 Å². The summed E-state index contributed by atoms with van der Waals surface area (Å²) < 4.78 is 28.1. The number of unbranched alkanes of at least 4 members (excludes halogenated alkanes) is 28. The summed E-state index contributed by atoms with van der Waals surface area (Å²) in [5, 5.41) is 53.1. The van der Waals surface area contributed by atoms with E-state index in [2.05, 4.69) is 19.2 Å². The highest BCUT2D eigenvalue weighted by molar-refractivity contribution is 5.73. The van der Waals surface area contributed by atoms with Crippen LogP contribution in [0.15, 0.2) is 0 Å². The molecule has 68 heavy (non-hydrogen) atoms. The molecule has 0 aromatic carbocycles. The number of amides is 1. The minimum atomic E-state index is -1.66. The molecule has 0 bridgehead atoms. The molecule has 2 saturated heterocycles. The smallest absolute Gasteiger partial charge is 0.306 e. The van der Waals surface area contributed by atoms with Crippen molar-refractivity contribution in [1.29, 1.82) is 0 Å². The van der Waals surface area contributed by atoms with Crippen LogP contribution in [-0.2, 0) is 42.9 Å². The van der Waals surface area contributed by atoms with Gasteiger partial charge in [0.25, 0.3) is 0 Å². The van der Waals surface area contributed by atoms with Crippen LogP contribution >= 0.6 is 0 Å². The van der Waals surface area contributed by atoms with Crippen LogP contribution < -0.4 is 5.32 Å². The fourth-order valence-electron chi connectivity index (χ4n) is 9.21. The maximum Gasteiger partial charge on any atom is 0.306 e. The molecule has 0 saturated carbocycles. The lowest BCUT2D eigenvalue weighted by atomic mass is 9.92. The van der Waals surface area contributed by atoms with Crippen molar-refractivity contribution in [2.75, 3.05) is 13.7 Å². The Balaban J connectivity index is 0.000000968. The summed E-state index contributed by atoms with van der Waals surface area (Å²) in [4.78, 5) is 46.2. The summed E-state index contributed by atoms with van der Waals surface area (Å²) in [6.45, 7) is 7.18. The van der Waals surface area contributed by atoms with Gasteiger partial charge in [0.1, 0.15) is 49.3 Å². The molecule has 2 heterocycles. The van der Waals surface area contributed by atoms with Gasteiger partial charge in [0.15, 0.2) is 6.29 Å². The zero-order chi connectivity index (χ0) is 50.4. The number of carbonyl (C=O) groups excluding carboxylic acids is 2. The predicted octanol–water partition coefficient (Wildman–Crippen LogP) is 10.1. The van der Waals surface area contributed by atoms with Crippen molar-refractivity contribution in [2.24, 2.45) is 0 Å². The number of carboxylic acid groups (broad SMARTS) is 2. The second kappa shape index (κ2) is 41.2. The van der Waals surface area contributed by atoms with Crippen molar-refractivity contribution < 1.29 is 68.4 Å². The topological polar surface area (TPSA) is 228 Å². The third kappa shape index (κ3) is 30.4. The van der Waals surface area contributed by atoms with Crippen LogP contribution in [0.25, 0.3) is 0 Å². The summed E-state index contributed by atoms with van der Waals surface area (Å²) >= 11 is 0. The van der Waals surface area contributed by atoms with E-state index in [1.165, 1.54) is 168 Å². The first-order chi connectivity index (χ1) is 32.8. The monoisotopic (exact) mass is 974 g/mol. The standard InChI is InChI=1S/C35H63NO12.C18H36O2/c1-5-6-7-8-9-10-11-12-13-14-15-16-17-18-19-20-28(40)45-22-26-30(41)34(29(23(2)46-26)36-24(3)37)48-35-32(43)31(42)33(44-4)25(47-35)21-27(38)39;1-2-3-4-5-6-7-8-9-10-11-12-13-14-15-16-17-18(19)20/h23,25-26,29-35,41-43H,5-22H2,1-4H3,(H,36,37)(H,38,39);2-17H2,1H3,(H,19,20)/t23-,25?,26?,29?,30+,31+,32?,33+,34+,35-;/m0./s1. The molecular formula is C53H99NO14. The van der Waals surface area contributed by atoms with E-state index < -0.39 is 91.4 Å². The zero-order valence-electron chi connectivity index (χ0n) is 43.2. The van der Waals surface area contributed by atoms with Crippen LogP contribution in [0.4, 0.5) is 0 Å². The number of hydrogen-bond donors (Lipinski definition) is 6. The highest BCUT2D eigenvalue weighted by Crippen LogP contribution is 2.31. The molecule has 2 rings (SSSR count). The summed E-state index contributed by atoms with van der Waals surface area (Å²) in [5.74, 6) is -2.71. The third-order valence-corrected chi connectivity index (χ3v) is 13.3. The lowest BCUT2D eigenvalue weighted by molar-refractivity contribution is -0.330. The quantitative estimate of drug-likeness (QED) is 0.0248. The number of ether oxygens (including phenoxy) is 5. The Morgan fingerprint density at radius 1 is 0.515 bits per heavy atom. The molecule has 15 nitrogen and oxygen atoms in total. The summed E-state index contributed by atoms with van der Waals surface area (Å²) in [7, 11) is 1.25. The molecule has 2 aliphatic heterocycles. The van der Waals surface area contributed by atoms with E-state index in [0.29, 0.717) is 12.8 Å². The minimum Gasteiger partial charge on any atom is -0.481 e. The van der Waals surface area contributed by atoms with E-state index in [1.807, 2.05) is 0 Å². The predicted molar refractivity (Wildman–Crippen MR) is 264 cm³/mol. The van der Waals surface area contributed by atoms with Gasteiger partial charge in [-0.1, -0.05) is 194 Å². The Labute approximate surface area is 410 Å². The Bertz CT molecular complexity index is 1270. The van der Waals surface area contributed by atoms with Crippen LogP contribution in [0, 0.1) is 0 Å². The van der Waals surface area contributed by atoms with E-state index >= 15 is 0 Å². The number of aliphatic hydroxyl groups is 3. The van der Waals surface area contributed by atoms with E-state index in [1.54, 1.807) is 6.92 Å². The van der Waals surface area contributed by atoms with Crippen LogP contribution in [0.3, 0.4) is 0 Å². The van der Waals surface area contributed by atoms with Gasteiger partial charge in [-0.3, -0.25) is 19.2 Å². The Kier molecular flexibility index (Phi) is 38.6. The minimum absolute atomic E-state index is 0.247. The highest BCUT2D eigenvalue weighted by Gasteiger charge is 2.51. The summed E-state index contributed by atoms with van der Waals surface area (Å²) in [5.41, 5.74) is 0. The number of carbonyl (C=O) groups is 4. The van der Waals surface area contributed by atoms with Gasteiger partial charge < -0.3 is 54.5 Å². The van der Waals surface area contributed by atoms with Crippen molar-refractivity contribution in [1.82, 2.24) is 5.32 Å². The molecule has 10 atom stereocenters. The SMILES string of the molecule is CCCCCCCCCCCCCCCCCC(=O)O.CCCCCCCCCCCCCCCCCC(=O)OCC1O[C@@H](C)C(NC(C)=O)[C@@H](O[C@@H]2OC(CC(=O)O)[C@@H](OC)[C@H](O)C2O)[C@@H]1O. The second-order valence-electron chi connectivity index (χ2n) is 19.5. The fraction of sp³-hybridized carbons (Fsp3) is 0.925. The molecule has 2 aliphatic rings. The van der Waals surface area contributed by atoms with Crippen molar-refractivity contribution in [3.63, 3.8) is 0 Å². The largest absolute Gasteiger partial charge is 0.481 e. The lowest BCUT2D eigenvalue weighted by Gasteiger charge is -2.47. The number of hydrogen-bond acceptors (Lipinski definition) is 12. The lowest BCUT2D eigenvalue weighted by Crippen LogP contribution is -2.67. The Morgan fingerprint density at radius 2 is 0.926 bits per heavy atom. The molecule has 0 aromatic heterocycles. The van der Waals surface area contributed by atoms with Crippen LogP contribution in [0.2, 0.25) is 0 Å². The van der Waals surface area contributed by atoms with Crippen molar-refractivity contribution >= 4 is 23.8 Å². The normalized spacial score (nSPS) is 24.8. The number of esters is 1. The molecule has 0 aliphatic carbocycles. The maximum atomic E-state index is 12.5. The molecule has 1 amide bonds. The summed E-state index contributed by atoms with van der Waals surface area (Å²) in [6.07, 6.45) is 26.8. The molecule has 4 unspecified atom stereocenters. The van der Waals surface area contributed by atoms with Crippen LogP contribution in [-0.4, -0.2) is 124 Å². The molecule has 15 heteroatoms. The Morgan fingerprint density at radius 3 is 1.31 bits per heavy atom. The number of aliphatic hydroxyl groups excluding tert-OH is 3. The van der Waals surface area contributed by atoms with Crippen molar-refractivity contribution in [2.45, 2.75) is 301 Å². The Hall–Kier alpha value is -2.40. The first-order valence-electron chi connectivity index (χ1n) is 27.2.